The molecular weight excluding hydrogens is 278 g/mol. The maximum absolute atomic E-state index is 12.7. The summed E-state index contributed by atoms with van der Waals surface area (Å²) in [6.07, 6.45) is 0.579. The number of aryl methyl sites for hydroxylation is 2. The van der Waals surface area contributed by atoms with E-state index in [0.29, 0.717) is 31.0 Å². The van der Waals surface area contributed by atoms with Crippen LogP contribution in [0.1, 0.15) is 35.6 Å². The van der Waals surface area contributed by atoms with Gasteiger partial charge in [0, 0.05) is 13.1 Å². The molecule has 1 amide bonds. The molecule has 1 fully saturated rings. The number of nitrogens with zero attached hydrogens (tertiary/aromatic N) is 3. The molecule has 0 aliphatic carbocycles. The number of rotatable bonds is 3. The first kappa shape index (κ1) is 15.2. The first-order chi connectivity index (χ1) is 9.55. The second-order valence-electron chi connectivity index (χ2n) is 5.13. The number of hydrogen-bond donors (Lipinski definition) is 0. The van der Waals surface area contributed by atoms with Crippen LogP contribution in [0.2, 0.25) is 0 Å². The van der Waals surface area contributed by atoms with Crippen LogP contribution >= 0.6 is 11.6 Å². The van der Waals surface area contributed by atoms with E-state index in [4.69, 9.17) is 16.3 Å². The monoisotopic (exact) mass is 297 g/mol. The molecule has 0 N–H and O–H groups in total. The molecule has 1 aromatic rings. The molecule has 6 heteroatoms. The molecule has 2 heterocycles. The molecule has 110 valence electrons. The fraction of sp³-hybridized carbons (Fsp3) is 0.643. The van der Waals surface area contributed by atoms with Gasteiger partial charge in [-0.2, -0.15) is 10.2 Å². The molecule has 0 spiro atoms. The minimum absolute atomic E-state index is 0.00239. The summed E-state index contributed by atoms with van der Waals surface area (Å²) < 4.78 is 5.68. The highest BCUT2D eigenvalue weighted by Crippen LogP contribution is 2.17. The van der Waals surface area contributed by atoms with E-state index >= 15 is 0 Å². The second-order valence-corrected chi connectivity index (χ2v) is 5.44. The Balaban J connectivity index is 2.24. The Labute approximate surface area is 124 Å². The fourth-order valence-electron chi connectivity index (χ4n) is 2.43. The van der Waals surface area contributed by atoms with Crippen LogP contribution in [0, 0.1) is 6.92 Å². The van der Waals surface area contributed by atoms with Crippen LogP contribution in [-0.2, 0) is 11.2 Å². The highest BCUT2D eigenvalue weighted by Gasteiger charge is 2.29. The van der Waals surface area contributed by atoms with Crippen LogP contribution in [0.3, 0.4) is 0 Å². The molecule has 1 aliphatic rings. The summed E-state index contributed by atoms with van der Waals surface area (Å²) in [5.74, 6) is 0.382. The molecule has 5 nitrogen and oxygen atoms in total. The van der Waals surface area contributed by atoms with Crippen LogP contribution in [0.25, 0.3) is 0 Å². The third kappa shape index (κ3) is 3.27. The van der Waals surface area contributed by atoms with Crippen LogP contribution in [0.5, 0.6) is 0 Å². The lowest BCUT2D eigenvalue weighted by Crippen LogP contribution is -2.50. The Bertz CT molecular complexity index is 495. The number of carbonyl (C=O) groups is 1. The van der Waals surface area contributed by atoms with Gasteiger partial charge in [0.05, 0.1) is 35.0 Å². The molecule has 1 aromatic heterocycles. The zero-order valence-corrected chi connectivity index (χ0v) is 12.9. The third-order valence-corrected chi connectivity index (χ3v) is 3.69. The average Bonchev–Trinajstić information content (AvgIpc) is 2.45. The van der Waals surface area contributed by atoms with Gasteiger partial charge in [-0.15, -0.1) is 11.6 Å². The summed E-state index contributed by atoms with van der Waals surface area (Å²) in [6, 6.07) is 1.81. The van der Waals surface area contributed by atoms with Crippen LogP contribution < -0.4 is 0 Å². The van der Waals surface area contributed by atoms with Crippen molar-refractivity contribution in [2.24, 2.45) is 0 Å². The van der Waals surface area contributed by atoms with Crippen molar-refractivity contribution in [3.63, 3.8) is 0 Å². The Morgan fingerprint density at radius 3 is 2.90 bits per heavy atom. The predicted molar refractivity (Wildman–Crippen MR) is 77.1 cm³/mol. The molecule has 0 aromatic carbocycles. The smallest absolute Gasteiger partial charge is 0.256 e. The first-order valence-corrected chi connectivity index (χ1v) is 7.42. The Kier molecular flexibility index (Phi) is 4.94. The van der Waals surface area contributed by atoms with Crippen LogP contribution in [0.4, 0.5) is 0 Å². The van der Waals surface area contributed by atoms with Gasteiger partial charge in [-0.1, -0.05) is 6.92 Å². The largest absolute Gasteiger partial charge is 0.370 e. The quantitative estimate of drug-likeness (QED) is 0.799. The fourth-order valence-corrected chi connectivity index (χ4v) is 2.60. The number of amides is 1. The average molecular weight is 298 g/mol. The summed E-state index contributed by atoms with van der Waals surface area (Å²) >= 11 is 5.86. The summed E-state index contributed by atoms with van der Waals surface area (Å²) in [4.78, 5) is 14.5. The Morgan fingerprint density at radius 1 is 1.50 bits per heavy atom. The molecule has 1 saturated heterocycles. The van der Waals surface area contributed by atoms with Gasteiger partial charge in [-0.3, -0.25) is 4.79 Å². The van der Waals surface area contributed by atoms with Gasteiger partial charge in [0.15, 0.2) is 0 Å². The van der Waals surface area contributed by atoms with Crippen molar-refractivity contribution in [3.8, 4) is 0 Å². The van der Waals surface area contributed by atoms with E-state index in [0.717, 1.165) is 11.4 Å². The summed E-state index contributed by atoms with van der Waals surface area (Å²) in [5.41, 5.74) is 2.13. The number of carbonyl (C=O) groups excluding carboxylic acids is 1. The molecule has 0 saturated carbocycles. The van der Waals surface area contributed by atoms with E-state index in [1.807, 2.05) is 26.8 Å². The van der Waals surface area contributed by atoms with Crippen molar-refractivity contribution in [1.82, 2.24) is 15.1 Å². The second kappa shape index (κ2) is 6.50. The maximum atomic E-state index is 12.7. The number of ether oxygens (including phenoxy) is 1. The first-order valence-electron chi connectivity index (χ1n) is 6.89. The van der Waals surface area contributed by atoms with E-state index in [1.165, 1.54) is 0 Å². The van der Waals surface area contributed by atoms with Gasteiger partial charge in [-0.05, 0) is 26.3 Å². The minimum Gasteiger partial charge on any atom is -0.370 e. The Morgan fingerprint density at radius 2 is 2.25 bits per heavy atom. The molecule has 2 unspecified atom stereocenters. The number of aromatic nitrogens is 2. The van der Waals surface area contributed by atoms with Gasteiger partial charge >= 0.3 is 0 Å². The lowest BCUT2D eigenvalue weighted by Gasteiger charge is -2.36. The topological polar surface area (TPSA) is 55.3 Å². The van der Waals surface area contributed by atoms with E-state index < -0.39 is 0 Å². The number of halogens is 1. The van der Waals surface area contributed by atoms with Crippen molar-refractivity contribution in [2.45, 2.75) is 39.4 Å². The highest BCUT2D eigenvalue weighted by molar-refractivity contribution is 6.18. The molecule has 2 rings (SSSR count). The molecule has 2 atom stereocenters. The van der Waals surface area contributed by atoms with Crippen LogP contribution in [0.15, 0.2) is 6.07 Å². The molecular formula is C14H20ClN3O2. The van der Waals surface area contributed by atoms with Crippen molar-refractivity contribution in [1.29, 1.82) is 0 Å². The molecule has 0 bridgehead atoms. The molecule has 0 radical (unpaired) electrons. The maximum Gasteiger partial charge on any atom is 0.256 e. The van der Waals surface area contributed by atoms with Crippen molar-refractivity contribution >= 4 is 17.5 Å². The lowest BCUT2D eigenvalue weighted by atomic mass is 10.1. The minimum atomic E-state index is -0.106. The highest BCUT2D eigenvalue weighted by atomic mass is 35.5. The van der Waals surface area contributed by atoms with Gasteiger partial charge in [0.2, 0.25) is 0 Å². The molecule has 20 heavy (non-hydrogen) atoms. The Hall–Kier alpha value is -1.20. The van der Waals surface area contributed by atoms with E-state index in [1.54, 1.807) is 4.90 Å². The zero-order valence-electron chi connectivity index (χ0n) is 12.1. The van der Waals surface area contributed by atoms with Crippen LogP contribution in [-0.4, -0.2) is 52.2 Å². The van der Waals surface area contributed by atoms with E-state index in [2.05, 4.69) is 10.2 Å². The predicted octanol–water partition coefficient (Wildman–Crippen LogP) is 1.82. The zero-order chi connectivity index (χ0) is 14.7. The lowest BCUT2D eigenvalue weighted by molar-refractivity contribution is -0.0570. The van der Waals surface area contributed by atoms with Gasteiger partial charge < -0.3 is 9.64 Å². The van der Waals surface area contributed by atoms with E-state index in [-0.39, 0.29) is 18.1 Å². The van der Waals surface area contributed by atoms with Crippen molar-refractivity contribution < 1.29 is 9.53 Å². The third-order valence-electron chi connectivity index (χ3n) is 3.34. The number of morpholine rings is 1. The van der Waals surface area contributed by atoms with Crippen molar-refractivity contribution in [2.75, 3.05) is 19.0 Å². The number of hydrogen-bond acceptors (Lipinski definition) is 4. The summed E-state index contributed by atoms with van der Waals surface area (Å²) in [7, 11) is 0. The summed E-state index contributed by atoms with van der Waals surface area (Å²) in [5, 5.41) is 8.13. The van der Waals surface area contributed by atoms with Gasteiger partial charge in [0.25, 0.3) is 5.91 Å². The SMILES string of the molecule is CCc1nnc(C)cc1C(=O)N1CC(C)OC(CCl)C1. The summed E-state index contributed by atoms with van der Waals surface area (Å²) in [6.45, 7) is 6.87. The van der Waals surface area contributed by atoms with Crippen molar-refractivity contribution in [3.05, 3.63) is 23.0 Å². The normalized spacial score (nSPS) is 22.9. The number of alkyl halides is 1. The van der Waals surface area contributed by atoms with E-state index in [9.17, 15) is 4.79 Å². The molecule has 1 aliphatic heterocycles. The van der Waals surface area contributed by atoms with Gasteiger partial charge in [0.1, 0.15) is 0 Å². The standard InChI is InChI=1S/C14H20ClN3O2/c1-4-13-12(5-9(2)16-17-13)14(19)18-7-10(3)20-11(6-15)8-18/h5,10-11H,4,6-8H2,1-3H3. The van der Waals surface area contributed by atoms with Gasteiger partial charge in [-0.25, -0.2) is 0 Å².